The van der Waals surface area contributed by atoms with Crippen LogP contribution >= 0.6 is 0 Å². The highest BCUT2D eigenvalue weighted by molar-refractivity contribution is 4.82. The highest BCUT2D eigenvalue weighted by atomic mass is 15.2. The van der Waals surface area contributed by atoms with Gasteiger partial charge in [-0.2, -0.15) is 0 Å². The van der Waals surface area contributed by atoms with Crippen LogP contribution in [-0.2, 0) is 0 Å². The summed E-state index contributed by atoms with van der Waals surface area (Å²) in [5.41, 5.74) is 0. The van der Waals surface area contributed by atoms with Crippen molar-refractivity contribution in [1.82, 2.24) is 10.2 Å². The molecule has 2 atom stereocenters. The van der Waals surface area contributed by atoms with Gasteiger partial charge in [0, 0.05) is 18.6 Å². The van der Waals surface area contributed by atoms with E-state index in [1.165, 1.54) is 25.9 Å². The quantitative estimate of drug-likeness (QED) is 0.650. The molecule has 0 radical (unpaired) electrons. The van der Waals surface area contributed by atoms with Gasteiger partial charge in [-0.15, -0.1) is 6.58 Å². The second-order valence-electron chi connectivity index (χ2n) is 4.18. The minimum absolute atomic E-state index is 0.634. The summed E-state index contributed by atoms with van der Waals surface area (Å²) in [5, 5.41) is 3.65. The Kier molecular flexibility index (Phi) is 4.46. The van der Waals surface area contributed by atoms with E-state index in [0.717, 1.165) is 6.42 Å². The summed E-state index contributed by atoms with van der Waals surface area (Å²) in [6, 6.07) is 1.35. The monoisotopic (exact) mass is 182 g/mol. The molecule has 0 aliphatic carbocycles. The van der Waals surface area contributed by atoms with Gasteiger partial charge in [0.1, 0.15) is 0 Å². The molecule has 1 saturated heterocycles. The van der Waals surface area contributed by atoms with Gasteiger partial charge in [0.2, 0.25) is 0 Å². The third-order valence-corrected chi connectivity index (χ3v) is 2.72. The first kappa shape index (κ1) is 10.7. The number of allylic oxidation sites excluding steroid dienone is 1. The van der Waals surface area contributed by atoms with Gasteiger partial charge in [-0.3, -0.25) is 0 Å². The largest absolute Gasteiger partial charge is 0.310 e. The Morgan fingerprint density at radius 2 is 2.46 bits per heavy atom. The van der Waals surface area contributed by atoms with Crippen molar-refractivity contribution in [1.29, 1.82) is 0 Å². The van der Waals surface area contributed by atoms with Gasteiger partial charge in [0.25, 0.3) is 0 Å². The number of hydrogen-bond acceptors (Lipinski definition) is 2. The number of likely N-dealkylation sites (N-methyl/N-ethyl adjacent to an activating group) is 1. The van der Waals surface area contributed by atoms with Crippen LogP contribution in [0.4, 0.5) is 0 Å². The van der Waals surface area contributed by atoms with Crippen LogP contribution in [0.5, 0.6) is 0 Å². The second kappa shape index (κ2) is 5.40. The summed E-state index contributed by atoms with van der Waals surface area (Å²) in [6.45, 7) is 8.45. The molecule has 0 bridgehead atoms. The van der Waals surface area contributed by atoms with Crippen LogP contribution in [0.1, 0.15) is 26.2 Å². The minimum Gasteiger partial charge on any atom is -0.310 e. The van der Waals surface area contributed by atoms with Crippen molar-refractivity contribution in [3.8, 4) is 0 Å². The van der Waals surface area contributed by atoms with Gasteiger partial charge in [-0.1, -0.05) is 6.08 Å². The third kappa shape index (κ3) is 3.92. The maximum absolute atomic E-state index is 3.74. The van der Waals surface area contributed by atoms with Crippen LogP contribution in [0.15, 0.2) is 12.7 Å². The zero-order valence-electron chi connectivity index (χ0n) is 8.92. The van der Waals surface area contributed by atoms with Crippen molar-refractivity contribution in [3.63, 3.8) is 0 Å². The lowest BCUT2D eigenvalue weighted by molar-refractivity contribution is 0.380. The normalized spacial score (nSPS) is 26.2. The summed E-state index contributed by atoms with van der Waals surface area (Å²) in [7, 11) is 2.19. The molecule has 2 heteroatoms. The Hall–Kier alpha value is -0.340. The third-order valence-electron chi connectivity index (χ3n) is 2.72. The fraction of sp³-hybridized carbons (Fsp3) is 0.818. The molecular weight excluding hydrogens is 160 g/mol. The van der Waals surface area contributed by atoms with E-state index < -0.39 is 0 Å². The first-order chi connectivity index (χ1) is 6.22. The minimum atomic E-state index is 0.634. The zero-order chi connectivity index (χ0) is 9.68. The summed E-state index contributed by atoms with van der Waals surface area (Å²) < 4.78 is 0. The maximum atomic E-state index is 3.74. The molecule has 0 saturated carbocycles. The van der Waals surface area contributed by atoms with Crippen molar-refractivity contribution < 1.29 is 0 Å². The lowest BCUT2D eigenvalue weighted by Gasteiger charge is -2.18. The Balaban J connectivity index is 2.12. The summed E-state index contributed by atoms with van der Waals surface area (Å²) in [5.74, 6) is 0. The molecule has 1 N–H and O–H groups in total. The predicted molar refractivity (Wildman–Crippen MR) is 57.9 cm³/mol. The van der Waals surface area contributed by atoms with Crippen LogP contribution in [0.25, 0.3) is 0 Å². The van der Waals surface area contributed by atoms with E-state index in [2.05, 4.69) is 30.8 Å². The highest BCUT2D eigenvalue weighted by Crippen LogP contribution is 2.08. The SMILES string of the molecule is C=CCC[C@@H](C)N[C@H]1CCN(C)C1. The van der Waals surface area contributed by atoms with Gasteiger partial charge < -0.3 is 10.2 Å². The molecule has 1 rings (SSSR count). The molecule has 13 heavy (non-hydrogen) atoms. The zero-order valence-corrected chi connectivity index (χ0v) is 8.92. The second-order valence-corrected chi connectivity index (χ2v) is 4.18. The first-order valence-electron chi connectivity index (χ1n) is 5.28. The van der Waals surface area contributed by atoms with Crippen LogP contribution < -0.4 is 5.32 Å². The van der Waals surface area contributed by atoms with E-state index in [1.54, 1.807) is 0 Å². The van der Waals surface area contributed by atoms with Crippen molar-refractivity contribution >= 4 is 0 Å². The topological polar surface area (TPSA) is 15.3 Å². The van der Waals surface area contributed by atoms with E-state index in [4.69, 9.17) is 0 Å². The van der Waals surface area contributed by atoms with Gasteiger partial charge in [0.15, 0.2) is 0 Å². The van der Waals surface area contributed by atoms with Crippen LogP contribution in [0.3, 0.4) is 0 Å². The molecule has 1 fully saturated rings. The Labute approximate surface area is 82.0 Å². The number of likely N-dealkylation sites (tertiary alicyclic amines) is 1. The smallest absolute Gasteiger partial charge is 0.0209 e. The molecule has 0 aromatic heterocycles. The van der Waals surface area contributed by atoms with Crippen LogP contribution in [0.2, 0.25) is 0 Å². The molecule has 76 valence electrons. The summed E-state index contributed by atoms with van der Waals surface area (Å²) >= 11 is 0. The van der Waals surface area contributed by atoms with Gasteiger partial charge in [-0.25, -0.2) is 0 Å². The average Bonchev–Trinajstić information content (AvgIpc) is 2.48. The van der Waals surface area contributed by atoms with Crippen molar-refractivity contribution in [2.45, 2.75) is 38.3 Å². The molecular formula is C11H22N2. The molecule has 0 aromatic carbocycles. The van der Waals surface area contributed by atoms with Gasteiger partial charge in [-0.05, 0) is 39.8 Å². The Morgan fingerprint density at radius 1 is 1.69 bits per heavy atom. The predicted octanol–water partition coefficient (Wildman–Crippen LogP) is 1.63. The molecule has 0 spiro atoms. The number of rotatable bonds is 5. The van der Waals surface area contributed by atoms with Crippen molar-refractivity contribution in [2.75, 3.05) is 20.1 Å². The Bertz CT molecular complexity index is 156. The summed E-state index contributed by atoms with van der Waals surface area (Å²) in [4.78, 5) is 2.39. The fourth-order valence-corrected chi connectivity index (χ4v) is 1.92. The Morgan fingerprint density at radius 3 is 3.00 bits per heavy atom. The molecule has 2 nitrogen and oxygen atoms in total. The number of hydrogen-bond donors (Lipinski definition) is 1. The van der Waals surface area contributed by atoms with E-state index in [9.17, 15) is 0 Å². The lowest BCUT2D eigenvalue weighted by atomic mass is 10.1. The van der Waals surface area contributed by atoms with Crippen LogP contribution in [0, 0.1) is 0 Å². The lowest BCUT2D eigenvalue weighted by Crippen LogP contribution is -2.37. The molecule has 1 aliphatic rings. The van der Waals surface area contributed by atoms with Gasteiger partial charge >= 0.3 is 0 Å². The van der Waals surface area contributed by atoms with E-state index in [1.807, 2.05) is 6.08 Å². The summed E-state index contributed by atoms with van der Waals surface area (Å²) in [6.07, 6.45) is 5.63. The van der Waals surface area contributed by atoms with Crippen LogP contribution in [-0.4, -0.2) is 37.1 Å². The average molecular weight is 182 g/mol. The molecule has 0 amide bonds. The molecule has 1 heterocycles. The number of nitrogens with zero attached hydrogens (tertiary/aromatic N) is 1. The van der Waals surface area contributed by atoms with E-state index in [0.29, 0.717) is 12.1 Å². The standard InChI is InChI=1S/C11H22N2/c1-4-5-6-10(2)12-11-7-8-13(3)9-11/h4,10-12H,1,5-9H2,2-3H3/t10-,11+/m1/s1. The fourth-order valence-electron chi connectivity index (χ4n) is 1.92. The number of nitrogens with one attached hydrogen (secondary N) is 1. The maximum Gasteiger partial charge on any atom is 0.0209 e. The van der Waals surface area contributed by atoms with E-state index in [-0.39, 0.29) is 0 Å². The highest BCUT2D eigenvalue weighted by Gasteiger charge is 2.19. The molecule has 1 aliphatic heterocycles. The van der Waals surface area contributed by atoms with E-state index >= 15 is 0 Å². The van der Waals surface area contributed by atoms with Gasteiger partial charge in [0.05, 0.1) is 0 Å². The van der Waals surface area contributed by atoms with Crippen molar-refractivity contribution in [3.05, 3.63) is 12.7 Å². The van der Waals surface area contributed by atoms with Crippen molar-refractivity contribution in [2.24, 2.45) is 0 Å². The first-order valence-corrected chi connectivity index (χ1v) is 5.28. The molecule has 0 unspecified atom stereocenters. The molecule has 0 aromatic rings.